The number of carbonyl (C=O) groups excluding carboxylic acids is 3. The summed E-state index contributed by atoms with van der Waals surface area (Å²) < 4.78 is 23.0. The van der Waals surface area contributed by atoms with Gasteiger partial charge in [0.2, 0.25) is 17.7 Å². The highest BCUT2D eigenvalue weighted by Crippen LogP contribution is 2.47. The Labute approximate surface area is 281 Å². The second-order valence-corrected chi connectivity index (χ2v) is 13.0. The summed E-state index contributed by atoms with van der Waals surface area (Å²) in [5.74, 6) is -0.0931. The number of allylic oxidation sites excluding steroid dienone is 1. The minimum absolute atomic E-state index is 0.0987. The lowest BCUT2D eigenvalue weighted by Crippen LogP contribution is -2.50. The first kappa shape index (κ1) is 33.2. The molecular weight excluding hydrogens is 612 g/mol. The van der Waals surface area contributed by atoms with Crippen LogP contribution in [-0.2, 0) is 19.1 Å². The van der Waals surface area contributed by atoms with Crippen molar-refractivity contribution in [3.05, 3.63) is 54.1 Å². The molecule has 6 rings (SSSR count). The third kappa shape index (κ3) is 6.42. The number of fused-ring (bicyclic) bond motifs is 3. The molecular formula is C37H44N4O7. The molecule has 1 N–H and O–H groups in total. The molecule has 48 heavy (non-hydrogen) atoms. The van der Waals surface area contributed by atoms with Gasteiger partial charge in [-0.05, 0) is 88.8 Å². The number of ether oxygens (including phenoxy) is 4. The van der Waals surface area contributed by atoms with E-state index in [0.29, 0.717) is 53.5 Å². The van der Waals surface area contributed by atoms with Crippen molar-refractivity contribution in [1.29, 1.82) is 0 Å². The van der Waals surface area contributed by atoms with Crippen LogP contribution in [0, 0.1) is 24.7 Å². The van der Waals surface area contributed by atoms with E-state index >= 15 is 0 Å². The molecule has 0 radical (unpaired) electrons. The SMILES string of the molecule is CCOC(=O)C12CC1C=CCCCCN(C)C(=O)C1CC(Oc3nc(-c4ccc(OC)cc4)nc4c(C)c(OC)ccc34)CC1C(=O)N2. The maximum Gasteiger partial charge on any atom is 0.332 e. The first-order chi connectivity index (χ1) is 23.2. The van der Waals surface area contributed by atoms with Crippen LogP contribution in [0.15, 0.2) is 48.6 Å². The average Bonchev–Trinajstić information content (AvgIpc) is 3.62. The van der Waals surface area contributed by atoms with Crippen LogP contribution in [0.4, 0.5) is 0 Å². The van der Waals surface area contributed by atoms with Gasteiger partial charge in [-0.1, -0.05) is 12.2 Å². The number of amides is 2. The highest BCUT2D eigenvalue weighted by atomic mass is 16.5. The summed E-state index contributed by atoms with van der Waals surface area (Å²) >= 11 is 0. The molecule has 3 aliphatic rings. The van der Waals surface area contributed by atoms with E-state index in [0.717, 1.165) is 30.4 Å². The molecule has 3 aromatic rings. The number of nitrogens with zero attached hydrogens (tertiary/aromatic N) is 3. The Morgan fingerprint density at radius 2 is 1.79 bits per heavy atom. The molecule has 0 saturated heterocycles. The lowest BCUT2D eigenvalue weighted by atomic mass is 9.93. The van der Waals surface area contributed by atoms with Gasteiger partial charge in [-0.15, -0.1) is 0 Å². The van der Waals surface area contributed by atoms with E-state index in [2.05, 4.69) is 11.4 Å². The molecule has 2 heterocycles. The molecule has 1 aromatic heterocycles. The van der Waals surface area contributed by atoms with Crippen molar-refractivity contribution in [3.63, 3.8) is 0 Å². The van der Waals surface area contributed by atoms with Crippen LogP contribution in [0.5, 0.6) is 17.4 Å². The Balaban J connectivity index is 1.34. The van der Waals surface area contributed by atoms with Crippen LogP contribution in [-0.4, -0.2) is 78.7 Å². The second kappa shape index (κ2) is 13.8. The first-order valence-corrected chi connectivity index (χ1v) is 16.8. The number of rotatable bonds is 7. The van der Waals surface area contributed by atoms with E-state index in [1.165, 1.54) is 0 Å². The standard InChI is InChI=1S/C37H44N4O7/c1-6-47-36(44)37-21-24(37)11-9-7-8-10-18-41(3)35(43)29-20-26(19-28(29)33(42)40-37)48-34-27-16-17-30(46-5)22(2)31(27)38-32(39-34)23-12-14-25(45-4)15-13-23/h9,11-17,24,26,28-29H,6-8,10,18-21H2,1-5H3,(H,40,42). The smallest absolute Gasteiger partial charge is 0.332 e. The van der Waals surface area contributed by atoms with Crippen LogP contribution >= 0.6 is 0 Å². The van der Waals surface area contributed by atoms with Crippen LogP contribution in [0.2, 0.25) is 0 Å². The largest absolute Gasteiger partial charge is 0.497 e. The predicted octanol–water partition coefficient (Wildman–Crippen LogP) is 5.03. The minimum atomic E-state index is -1.11. The minimum Gasteiger partial charge on any atom is -0.497 e. The topological polar surface area (TPSA) is 129 Å². The van der Waals surface area contributed by atoms with E-state index < -0.39 is 29.4 Å². The van der Waals surface area contributed by atoms with Gasteiger partial charge < -0.3 is 29.2 Å². The summed E-state index contributed by atoms with van der Waals surface area (Å²) in [6, 6.07) is 11.2. The molecule has 1 aliphatic heterocycles. The van der Waals surface area contributed by atoms with Gasteiger partial charge in [-0.3, -0.25) is 9.59 Å². The fourth-order valence-electron chi connectivity index (χ4n) is 7.06. The molecule has 2 fully saturated rings. The molecule has 0 bridgehead atoms. The molecule has 11 heteroatoms. The number of hydrogen-bond donors (Lipinski definition) is 1. The number of methoxy groups -OCH3 is 2. The van der Waals surface area contributed by atoms with E-state index in [-0.39, 0.29) is 30.8 Å². The number of carbonyl (C=O) groups is 3. The van der Waals surface area contributed by atoms with Crippen molar-refractivity contribution < 1.29 is 33.3 Å². The van der Waals surface area contributed by atoms with E-state index in [9.17, 15) is 14.4 Å². The summed E-state index contributed by atoms with van der Waals surface area (Å²) in [6.45, 7) is 4.51. The fraction of sp³-hybridized carbons (Fsp3) is 0.486. The predicted molar refractivity (Wildman–Crippen MR) is 180 cm³/mol. The summed E-state index contributed by atoms with van der Waals surface area (Å²) in [7, 11) is 5.02. The normalized spacial score (nSPS) is 25.8. The molecule has 254 valence electrons. The van der Waals surface area contributed by atoms with E-state index in [4.69, 9.17) is 28.9 Å². The Morgan fingerprint density at radius 1 is 1.02 bits per heavy atom. The second-order valence-electron chi connectivity index (χ2n) is 13.0. The van der Waals surface area contributed by atoms with E-state index in [1.54, 1.807) is 33.1 Å². The summed E-state index contributed by atoms with van der Waals surface area (Å²) in [5.41, 5.74) is 1.18. The molecule has 5 unspecified atom stereocenters. The van der Waals surface area contributed by atoms with Gasteiger partial charge in [0.1, 0.15) is 23.1 Å². The number of esters is 1. The zero-order valence-corrected chi connectivity index (χ0v) is 28.3. The van der Waals surface area contributed by atoms with Crippen molar-refractivity contribution in [2.75, 3.05) is 34.4 Å². The highest BCUT2D eigenvalue weighted by Gasteiger charge is 2.62. The lowest BCUT2D eigenvalue weighted by molar-refractivity contribution is -0.150. The molecule has 11 nitrogen and oxygen atoms in total. The van der Waals surface area contributed by atoms with Gasteiger partial charge in [0.15, 0.2) is 5.82 Å². The van der Waals surface area contributed by atoms with Gasteiger partial charge in [0.05, 0.1) is 43.6 Å². The van der Waals surface area contributed by atoms with Gasteiger partial charge in [0.25, 0.3) is 0 Å². The zero-order chi connectivity index (χ0) is 34.0. The zero-order valence-electron chi connectivity index (χ0n) is 28.3. The third-order valence-electron chi connectivity index (χ3n) is 9.92. The van der Waals surface area contributed by atoms with Crippen molar-refractivity contribution in [2.45, 2.75) is 64.0 Å². The molecule has 2 aliphatic carbocycles. The van der Waals surface area contributed by atoms with Crippen molar-refractivity contribution in [1.82, 2.24) is 20.2 Å². The van der Waals surface area contributed by atoms with Crippen LogP contribution < -0.4 is 19.5 Å². The van der Waals surface area contributed by atoms with Crippen LogP contribution in [0.3, 0.4) is 0 Å². The fourth-order valence-corrected chi connectivity index (χ4v) is 7.06. The summed E-state index contributed by atoms with van der Waals surface area (Å²) in [4.78, 5) is 52.6. The highest BCUT2D eigenvalue weighted by molar-refractivity contribution is 5.95. The average molecular weight is 657 g/mol. The molecule has 2 amide bonds. The quantitative estimate of drug-likeness (QED) is 0.275. The summed E-state index contributed by atoms with van der Waals surface area (Å²) in [6.07, 6.45) is 7.28. The number of aromatic nitrogens is 2. The van der Waals surface area contributed by atoms with Crippen molar-refractivity contribution in [2.24, 2.45) is 17.8 Å². The van der Waals surface area contributed by atoms with Crippen LogP contribution in [0.1, 0.15) is 51.0 Å². The van der Waals surface area contributed by atoms with Crippen molar-refractivity contribution in [3.8, 4) is 28.8 Å². The Hall–Kier alpha value is -4.67. The lowest BCUT2D eigenvalue weighted by Gasteiger charge is -2.26. The molecule has 5 atom stereocenters. The first-order valence-electron chi connectivity index (χ1n) is 16.8. The van der Waals surface area contributed by atoms with Gasteiger partial charge in [-0.2, -0.15) is 4.98 Å². The Bertz CT molecular complexity index is 1720. The Morgan fingerprint density at radius 3 is 2.52 bits per heavy atom. The monoisotopic (exact) mass is 656 g/mol. The molecule has 0 spiro atoms. The van der Waals surface area contributed by atoms with E-state index in [1.807, 2.05) is 49.4 Å². The van der Waals surface area contributed by atoms with Gasteiger partial charge in [-0.25, -0.2) is 9.78 Å². The maximum absolute atomic E-state index is 14.1. The van der Waals surface area contributed by atoms with Crippen molar-refractivity contribution >= 4 is 28.7 Å². The van der Waals surface area contributed by atoms with Gasteiger partial charge >= 0.3 is 5.97 Å². The number of hydrogen-bond acceptors (Lipinski definition) is 9. The number of aryl methyl sites for hydroxylation is 1. The Kier molecular flexibility index (Phi) is 9.57. The molecule has 2 aromatic carbocycles. The number of benzene rings is 2. The number of nitrogens with one attached hydrogen (secondary N) is 1. The molecule has 2 saturated carbocycles. The third-order valence-corrected chi connectivity index (χ3v) is 9.92. The van der Waals surface area contributed by atoms with Crippen LogP contribution in [0.25, 0.3) is 22.3 Å². The maximum atomic E-state index is 14.1. The van der Waals surface area contributed by atoms with Gasteiger partial charge in [0, 0.05) is 30.6 Å². The summed E-state index contributed by atoms with van der Waals surface area (Å²) in [5, 5.41) is 3.75.